The van der Waals surface area contributed by atoms with Crippen molar-refractivity contribution in [1.29, 1.82) is 0 Å². The topological polar surface area (TPSA) is 139 Å². The molecule has 0 aliphatic carbocycles. The monoisotopic (exact) mass is 489 g/mol. The summed E-state index contributed by atoms with van der Waals surface area (Å²) in [5, 5.41) is 11.3. The molecule has 0 atom stereocenters. The van der Waals surface area contributed by atoms with Crippen LogP contribution in [0.5, 0.6) is 0 Å². The standard InChI is InChI=1S/C22H28FN7O3S/c1-4-5-10-30-18(24)17(19(31)26-22(30)33)29(11-13(2)3)12-16-27-28-21(34-16)20(32)25-15-8-6-14(23)7-9-15/h6-9,13H,4-5,10-12,24H2,1-3H3,(H,25,32)(H,26,31,33). The molecule has 34 heavy (non-hydrogen) atoms. The average Bonchev–Trinajstić information content (AvgIpc) is 3.23. The van der Waals surface area contributed by atoms with Crippen LogP contribution in [0.15, 0.2) is 33.9 Å². The number of halogens is 1. The van der Waals surface area contributed by atoms with Gasteiger partial charge in [-0.3, -0.25) is 19.1 Å². The van der Waals surface area contributed by atoms with E-state index in [1.54, 1.807) is 4.90 Å². The maximum absolute atomic E-state index is 13.1. The number of hydrogen-bond donors (Lipinski definition) is 3. The minimum Gasteiger partial charge on any atom is -0.383 e. The zero-order chi connectivity index (χ0) is 24.8. The van der Waals surface area contributed by atoms with E-state index in [0.717, 1.165) is 24.2 Å². The lowest BCUT2D eigenvalue weighted by atomic mass is 10.2. The van der Waals surface area contributed by atoms with Crippen molar-refractivity contribution < 1.29 is 9.18 Å². The first-order valence-electron chi connectivity index (χ1n) is 11.0. The molecule has 0 fully saturated rings. The number of anilines is 3. The normalized spacial score (nSPS) is 11.1. The number of benzene rings is 1. The molecule has 4 N–H and O–H groups in total. The first-order chi connectivity index (χ1) is 16.2. The molecule has 2 aromatic heterocycles. The fraction of sp³-hybridized carbons (Fsp3) is 0.409. The van der Waals surface area contributed by atoms with Gasteiger partial charge >= 0.3 is 5.69 Å². The van der Waals surface area contributed by atoms with E-state index in [-0.39, 0.29) is 29.0 Å². The molecule has 3 rings (SSSR count). The second-order valence-electron chi connectivity index (χ2n) is 8.23. The molecule has 3 aromatic rings. The van der Waals surface area contributed by atoms with Crippen molar-refractivity contribution in [1.82, 2.24) is 19.7 Å². The van der Waals surface area contributed by atoms with E-state index in [0.29, 0.717) is 23.8 Å². The van der Waals surface area contributed by atoms with Crippen molar-refractivity contribution in [3.8, 4) is 0 Å². The third-order valence-corrected chi connectivity index (χ3v) is 5.85. The summed E-state index contributed by atoms with van der Waals surface area (Å²) in [6.45, 7) is 7.03. The Balaban J connectivity index is 1.86. The van der Waals surface area contributed by atoms with Gasteiger partial charge < -0.3 is 16.0 Å². The van der Waals surface area contributed by atoms with Crippen LogP contribution in [0.1, 0.15) is 48.4 Å². The van der Waals surface area contributed by atoms with Gasteiger partial charge in [-0.15, -0.1) is 10.2 Å². The predicted octanol–water partition coefficient (Wildman–Crippen LogP) is 2.82. The molecule has 0 saturated heterocycles. The van der Waals surface area contributed by atoms with Crippen LogP contribution in [0.2, 0.25) is 0 Å². The highest BCUT2D eigenvalue weighted by atomic mass is 32.1. The van der Waals surface area contributed by atoms with Crippen LogP contribution < -0.4 is 27.2 Å². The van der Waals surface area contributed by atoms with Crippen molar-refractivity contribution in [2.75, 3.05) is 22.5 Å². The quantitative estimate of drug-likeness (QED) is 0.398. The molecule has 0 aliphatic heterocycles. The van der Waals surface area contributed by atoms with E-state index in [1.807, 2.05) is 20.8 Å². The lowest BCUT2D eigenvalue weighted by Gasteiger charge is -2.26. The smallest absolute Gasteiger partial charge is 0.330 e. The molecule has 2 heterocycles. The van der Waals surface area contributed by atoms with Crippen LogP contribution in [0.4, 0.5) is 21.6 Å². The first kappa shape index (κ1) is 25.1. The summed E-state index contributed by atoms with van der Waals surface area (Å²) in [6, 6.07) is 5.38. The van der Waals surface area contributed by atoms with E-state index in [9.17, 15) is 18.8 Å². The zero-order valence-electron chi connectivity index (χ0n) is 19.3. The van der Waals surface area contributed by atoms with Gasteiger partial charge in [-0.25, -0.2) is 9.18 Å². The van der Waals surface area contributed by atoms with E-state index in [4.69, 9.17) is 5.73 Å². The lowest BCUT2D eigenvalue weighted by Crippen LogP contribution is -2.39. The van der Waals surface area contributed by atoms with Crippen molar-refractivity contribution in [3.05, 3.63) is 60.9 Å². The molecule has 10 nitrogen and oxygen atoms in total. The fourth-order valence-corrected chi connectivity index (χ4v) is 4.14. The number of carbonyl (C=O) groups excluding carboxylic acids is 1. The van der Waals surface area contributed by atoms with Gasteiger partial charge in [-0.2, -0.15) is 0 Å². The van der Waals surface area contributed by atoms with Gasteiger partial charge in [0, 0.05) is 18.8 Å². The molecule has 12 heteroatoms. The molecule has 0 bridgehead atoms. The van der Waals surface area contributed by atoms with Gasteiger partial charge in [-0.1, -0.05) is 38.5 Å². The number of nitrogens with one attached hydrogen (secondary N) is 2. The number of nitrogen functional groups attached to an aromatic ring is 1. The number of hydrogen-bond acceptors (Lipinski definition) is 8. The number of aromatic amines is 1. The van der Waals surface area contributed by atoms with Gasteiger partial charge in [0.2, 0.25) is 5.01 Å². The summed E-state index contributed by atoms with van der Waals surface area (Å²) in [5.74, 6) is -0.612. The molecule has 0 spiro atoms. The third kappa shape index (κ3) is 6.07. The maximum atomic E-state index is 13.1. The first-order valence-corrected chi connectivity index (χ1v) is 11.8. The van der Waals surface area contributed by atoms with E-state index in [2.05, 4.69) is 20.5 Å². The Morgan fingerprint density at radius 1 is 1.26 bits per heavy atom. The molecule has 0 radical (unpaired) electrons. The highest BCUT2D eigenvalue weighted by Gasteiger charge is 2.22. The Kier molecular flexibility index (Phi) is 8.16. The van der Waals surface area contributed by atoms with E-state index in [1.165, 1.54) is 28.8 Å². The van der Waals surface area contributed by atoms with Crippen molar-refractivity contribution in [2.45, 2.75) is 46.7 Å². The molecular weight excluding hydrogens is 461 g/mol. The fourth-order valence-electron chi connectivity index (χ4n) is 3.39. The molecule has 0 saturated carbocycles. The largest absolute Gasteiger partial charge is 0.383 e. The Bertz CT molecular complexity index is 1250. The molecule has 0 unspecified atom stereocenters. The Morgan fingerprint density at radius 2 is 1.97 bits per heavy atom. The Hall–Kier alpha value is -3.54. The third-order valence-electron chi connectivity index (χ3n) is 4.94. The van der Waals surface area contributed by atoms with Crippen LogP contribution in [0, 0.1) is 11.7 Å². The minimum atomic E-state index is -0.574. The maximum Gasteiger partial charge on any atom is 0.330 e. The number of aromatic nitrogens is 4. The summed E-state index contributed by atoms with van der Waals surface area (Å²) in [6.07, 6.45) is 1.60. The predicted molar refractivity (Wildman–Crippen MR) is 131 cm³/mol. The summed E-state index contributed by atoms with van der Waals surface area (Å²) in [5.41, 5.74) is 5.79. The second-order valence-corrected chi connectivity index (χ2v) is 9.30. The number of amides is 1. The molecule has 182 valence electrons. The number of carbonyl (C=O) groups is 1. The SMILES string of the molecule is CCCCn1c(N)c(N(Cc2nnc(C(=O)Nc3ccc(F)cc3)s2)CC(C)C)c(=O)[nH]c1=O. The van der Waals surface area contributed by atoms with Gasteiger partial charge in [0.15, 0.2) is 0 Å². The lowest BCUT2D eigenvalue weighted by molar-refractivity contribution is 0.102. The summed E-state index contributed by atoms with van der Waals surface area (Å²) < 4.78 is 14.4. The van der Waals surface area contributed by atoms with Gasteiger partial charge in [0.05, 0.1) is 6.54 Å². The van der Waals surface area contributed by atoms with Crippen molar-refractivity contribution in [2.24, 2.45) is 5.92 Å². The Labute approximate surface area is 199 Å². The van der Waals surface area contributed by atoms with Crippen LogP contribution >= 0.6 is 11.3 Å². The summed E-state index contributed by atoms with van der Waals surface area (Å²) in [7, 11) is 0. The van der Waals surface area contributed by atoms with Crippen LogP contribution in [0.3, 0.4) is 0 Å². The van der Waals surface area contributed by atoms with Crippen LogP contribution in [-0.2, 0) is 13.1 Å². The van der Waals surface area contributed by atoms with Crippen LogP contribution in [0.25, 0.3) is 0 Å². The number of nitrogens with zero attached hydrogens (tertiary/aromatic N) is 4. The zero-order valence-corrected chi connectivity index (χ0v) is 20.1. The number of rotatable bonds is 10. The second kappa shape index (κ2) is 11.1. The number of unbranched alkanes of at least 4 members (excludes halogenated alkanes) is 1. The highest BCUT2D eigenvalue weighted by Crippen LogP contribution is 2.23. The molecule has 1 amide bonds. The Morgan fingerprint density at radius 3 is 2.62 bits per heavy atom. The number of nitrogens with two attached hydrogens (primary N) is 1. The highest BCUT2D eigenvalue weighted by molar-refractivity contribution is 7.13. The van der Waals surface area contributed by atoms with Crippen LogP contribution in [-0.4, -0.2) is 32.2 Å². The van der Waals surface area contributed by atoms with Gasteiger partial charge in [0.25, 0.3) is 11.5 Å². The number of H-pyrrole nitrogens is 1. The van der Waals surface area contributed by atoms with Gasteiger partial charge in [-0.05, 0) is 36.6 Å². The summed E-state index contributed by atoms with van der Waals surface area (Å²) in [4.78, 5) is 41.6. The van der Waals surface area contributed by atoms with Gasteiger partial charge in [0.1, 0.15) is 22.3 Å². The molecular formula is C22H28FN7O3S. The van der Waals surface area contributed by atoms with Crippen molar-refractivity contribution >= 4 is 34.4 Å². The van der Waals surface area contributed by atoms with E-state index >= 15 is 0 Å². The summed E-state index contributed by atoms with van der Waals surface area (Å²) >= 11 is 1.07. The van der Waals surface area contributed by atoms with E-state index < -0.39 is 23.0 Å². The molecule has 0 aliphatic rings. The average molecular weight is 490 g/mol. The minimum absolute atomic E-state index is 0.0987. The van der Waals surface area contributed by atoms with Crippen molar-refractivity contribution in [3.63, 3.8) is 0 Å². The molecule has 1 aromatic carbocycles.